The highest BCUT2D eigenvalue weighted by Crippen LogP contribution is 2.33. The number of hydrogen-bond donors (Lipinski definition) is 1. The van der Waals surface area contributed by atoms with Gasteiger partial charge in [0.05, 0.1) is 0 Å². The van der Waals surface area contributed by atoms with Gasteiger partial charge in [0.25, 0.3) is 0 Å². The number of nitrogens with two attached hydrogens (primary N) is 1. The number of nitrogens with zero attached hydrogens (tertiary/aromatic N) is 3. The Labute approximate surface area is 110 Å². The minimum atomic E-state index is 0.234. The van der Waals surface area contributed by atoms with E-state index in [0.29, 0.717) is 11.8 Å². The molecule has 3 atom stereocenters. The summed E-state index contributed by atoms with van der Waals surface area (Å²) in [4.78, 5) is 4.38. The van der Waals surface area contributed by atoms with Gasteiger partial charge < -0.3 is 5.73 Å². The molecule has 0 aromatic carbocycles. The van der Waals surface area contributed by atoms with E-state index in [2.05, 4.69) is 30.9 Å². The SMILES string of the molecule is CC(C)Cn1ncnc1CC(N)C1CCCC1C. The first-order valence-corrected chi connectivity index (χ1v) is 7.20. The molecule has 4 nitrogen and oxygen atoms in total. The van der Waals surface area contributed by atoms with Crippen LogP contribution in [0, 0.1) is 17.8 Å². The van der Waals surface area contributed by atoms with E-state index in [1.54, 1.807) is 6.33 Å². The maximum atomic E-state index is 6.38. The van der Waals surface area contributed by atoms with Gasteiger partial charge in [-0.05, 0) is 24.2 Å². The zero-order chi connectivity index (χ0) is 13.1. The molecule has 3 unspecified atom stereocenters. The third kappa shape index (κ3) is 3.10. The van der Waals surface area contributed by atoms with E-state index in [0.717, 1.165) is 24.7 Å². The topological polar surface area (TPSA) is 56.7 Å². The third-order valence-electron chi connectivity index (χ3n) is 4.13. The molecule has 0 aliphatic heterocycles. The molecule has 1 aliphatic rings. The fourth-order valence-electron chi connectivity index (χ4n) is 3.12. The fraction of sp³-hybridized carbons (Fsp3) is 0.857. The average molecular weight is 250 g/mol. The lowest BCUT2D eigenvalue weighted by atomic mass is 9.89. The van der Waals surface area contributed by atoms with Crippen molar-refractivity contribution in [3.05, 3.63) is 12.2 Å². The first-order valence-electron chi connectivity index (χ1n) is 7.20. The molecule has 1 saturated carbocycles. The molecular weight excluding hydrogens is 224 g/mol. The van der Waals surface area contributed by atoms with Crippen LogP contribution in [0.15, 0.2) is 6.33 Å². The lowest BCUT2D eigenvalue weighted by Gasteiger charge is -2.23. The lowest BCUT2D eigenvalue weighted by molar-refractivity contribution is 0.334. The van der Waals surface area contributed by atoms with Crippen molar-refractivity contribution in [1.82, 2.24) is 14.8 Å². The van der Waals surface area contributed by atoms with Crippen LogP contribution < -0.4 is 5.73 Å². The van der Waals surface area contributed by atoms with Crippen molar-refractivity contribution < 1.29 is 0 Å². The van der Waals surface area contributed by atoms with Crippen molar-refractivity contribution in [1.29, 1.82) is 0 Å². The highest BCUT2D eigenvalue weighted by Gasteiger charge is 2.29. The number of aromatic nitrogens is 3. The predicted molar refractivity (Wildman–Crippen MR) is 73.0 cm³/mol. The second-order valence-electron chi connectivity index (χ2n) is 6.19. The predicted octanol–water partition coefficient (Wildman–Crippen LogP) is 2.24. The molecule has 1 fully saturated rings. The molecule has 1 aromatic rings. The Hall–Kier alpha value is -0.900. The molecule has 1 aromatic heterocycles. The molecular formula is C14H26N4. The zero-order valence-corrected chi connectivity index (χ0v) is 11.8. The van der Waals surface area contributed by atoms with Crippen molar-refractivity contribution in [3.8, 4) is 0 Å². The molecule has 2 rings (SSSR count). The number of rotatable bonds is 5. The van der Waals surface area contributed by atoms with Crippen molar-refractivity contribution in [2.24, 2.45) is 23.5 Å². The van der Waals surface area contributed by atoms with E-state index in [1.165, 1.54) is 19.3 Å². The van der Waals surface area contributed by atoms with Gasteiger partial charge in [-0.25, -0.2) is 9.67 Å². The fourth-order valence-corrected chi connectivity index (χ4v) is 3.12. The van der Waals surface area contributed by atoms with Gasteiger partial charge in [0.15, 0.2) is 0 Å². The van der Waals surface area contributed by atoms with Crippen molar-refractivity contribution in [3.63, 3.8) is 0 Å². The molecule has 0 saturated heterocycles. The summed E-state index contributed by atoms with van der Waals surface area (Å²) < 4.78 is 2.02. The summed E-state index contributed by atoms with van der Waals surface area (Å²) in [5, 5.41) is 4.31. The third-order valence-corrected chi connectivity index (χ3v) is 4.13. The summed E-state index contributed by atoms with van der Waals surface area (Å²) in [6.45, 7) is 7.66. The van der Waals surface area contributed by atoms with Crippen LogP contribution in [0.2, 0.25) is 0 Å². The Kier molecular flexibility index (Phi) is 4.38. The summed E-state index contributed by atoms with van der Waals surface area (Å²) in [6, 6.07) is 0.234. The minimum absolute atomic E-state index is 0.234. The molecule has 1 heterocycles. The maximum absolute atomic E-state index is 6.38. The summed E-state index contributed by atoms with van der Waals surface area (Å²) >= 11 is 0. The Morgan fingerprint density at radius 3 is 2.83 bits per heavy atom. The minimum Gasteiger partial charge on any atom is -0.327 e. The second kappa shape index (κ2) is 5.83. The quantitative estimate of drug-likeness (QED) is 0.872. The van der Waals surface area contributed by atoms with Gasteiger partial charge in [-0.15, -0.1) is 0 Å². The summed E-state index contributed by atoms with van der Waals surface area (Å²) in [6.07, 6.45) is 6.46. The van der Waals surface area contributed by atoms with E-state index in [1.807, 2.05) is 4.68 Å². The normalized spacial score (nSPS) is 25.8. The molecule has 0 radical (unpaired) electrons. The molecule has 4 heteroatoms. The van der Waals surface area contributed by atoms with Gasteiger partial charge in [-0.3, -0.25) is 0 Å². The number of hydrogen-bond acceptors (Lipinski definition) is 3. The molecule has 18 heavy (non-hydrogen) atoms. The summed E-state index contributed by atoms with van der Waals surface area (Å²) in [5.41, 5.74) is 6.38. The molecule has 2 N–H and O–H groups in total. The van der Waals surface area contributed by atoms with Crippen LogP contribution in [0.5, 0.6) is 0 Å². The largest absolute Gasteiger partial charge is 0.327 e. The highest BCUT2D eigenvalue weighted by molar-refractivity contribution is 4.93. The van der Waals surface area contributed by atoms with Gasteiger partial charge in [0, 0.05) is 19.0 Å². The van der Waals surface area contributed by atoms with Crippen molar-refractivity contribution >= 4 is 0 Å². The Morgan fingerprint density at radius 2 is 2.22 bits per heavy atom. The van der Waals surface area contributed by atoms with Crippen molar-refractivity contribution in [2.45, 2.75) is 59.0 Å². The van der Waals surface area contributed by atoms with Crippen molar-refractivity contribution in [2.75, 3.05) is 0 Å². The van der Waals surface area contributed by atoms with E-state index in [4.69, 9.17) is 5.73 Å². The highest BCUT2D eigenvalue weighted by atomic mass is 15.3. The molecule has 1 aliphatic carbocycles. The van der Waals surface area contributed by atoms with Crippen LogP contribution in [0.3, 0.4) is 0 Å². The van der Waals surface area contributed by atoms with Crippen LogP contribution in [-0.2, 0) is 13.0 Å². The lowest BCUT2D eigenvalue weighted by Crippen LogP contribution is -2.34. The summed E-state index contributed by atoms with van der Waals surface area (Å²) in [5.74, 6) is 3.07. The van der Waals surface area contributed by atoms with E-state index >= 15 is 0 Å². The van der Waals surface area contributed by atoms with Crippen LogP contribution in [0.25, 0.3) is 0 Å². The first kappa shape index (κ1) is 13.5. The first-order chi connectivity index (χ1) is 8.58. The Morgan fingerprint density at radius 1 is 1.44 bits per heavy atom. The van der Waals surface area contributed by atoms with Gasteiger partial charge in [-0.2, -0.15) is 5.10 Å². The van der Waals surface area contributed by atoms with Gasteiger partial charge >= 0.3 is 0 Å². The van der Waals surface area contributed by atoms with Crippen LogP contribution >= 0.6 is 0 Å². The maximum Gasteiger partial charge on any atom is 0.138 e. The van der Waals surface area contributed by atoms with E-state index in [9.17, 15) is 0 Å². The van der Waals surface area contributed by atoms with Crippen LogP contribution in [0.4, 0.5) is 0 Å². The smallest absolute Gasteiger partial charge is 0.138 e. The molecule has 0 bridgehead atoms. The van der Waals surface area contributed by atoms with E-state index in [-0.39, 0.29) is 6.04 Å². The molecule has 0 amide bonds. The summed E-state index contributed by atoms with van der Waals surface area (Å²) in [7, 11) is 0. The van der Waals surface area contributed by atoms with Crippen LogP contribution in [-0.4, -0.2) is 20.8 Å². The Balaban J connectivity index is 1.98. The van der Waals surface area contributed by atoms with Gasteiger partial charge in [-0.1, -0.05) is 33.6 Å². The average Bonchev–Trinajstić information content (AvgIpc) is 2.88. The molecule has 0 spiro atoms. The zero-order valence-electron chi connectivity index (χ0n) is 11.8. The monoisotopic (exact) mass is 250 g/mol. The second-order valence-corrected chi connectivity index (χ2v) is 6.19. The standard InChI is InChI=1S/C14H26N4/c1-10(2)8-18-14(16-9-17-18)7-13(15)12-6-4-5-11(12)3/h9-13H,4-8,15H2,1-3H3. The van der Waals surface area contributed by atoms with Crippen LogP contribution in [0.1, 0.15) is 45.9 Å². The Bertz CT molecular complexity index is 372. The molecule has 102 valence electrons. The van der Waals surface area contributed by atoms with E-state index < -0.39 is 0 Å². The van der Waals surface area contributed by atoms with Gasteiger partial charge in [0.2, 0.25) is 0 Å². The van der Waals surface area contributed by atoms with Gasteiger partial charge in [0.1, 0.15) is 12.2 Å².